The van der Waals surface area contributed by atoms with Crippen LogP contribution in [0.15, 0.2) is 35.0 Å². The van der Waals surface area contributed by atoms with Crippen molar-refractivity contribution in [3.05, 3.63) is 35.5 Å². The second-order valence-corrected chi connectivity index (χ2v) is 4.96. The predicted molar refractivity (Wildman–Crippen MR) is 72.7 cm³/mol. The monoisotopic (exact) mass is 274 g/mol. The van der Waals surface area contributed by atoms with Crippen LogP contribution in [-0.2, 0) is 9.59 Å². The number of rotatable bonds is 2. The number of carbonyl (C=O) groups excluding carboxylic acids is 2. The standard InChI is InChI=1S/C13H10N2O3S/c1-18-9-4-2-8(3-5-9)6-10-12(17)15-11(16)7-19-13(15)14-10/h2-6H,7H2,1H3/b10-6-. The van der Waals surface area contributed by atoms with Crippen LogP contribution >= 0.6 is 11.8 Å². The summed E-state index contributed by atoms with van der Waals surface area (Å²) in [4.78, 5) is 28.8. The summed E-state index contributed by atoms with van der Waals surface area (Å²) in [7, 11) is 1.59. The van der Waals surface area contributed by atoms with Crippen molar-refractivity contribution in [2.24, 2.45) is 4.99 Å². The van der Waals surface area contributed by atoms with Crippen molar-refractivity contribution in [2.45, 2.75) is 0 Å². The molecule has 1 aromatic rings. The highest BCUT2D eigenvalue weighted by molar-refractivity contribution is 8.15. The lowest BCUT2D eigenvalue weighted by molar-refractivity contribution is -0.134. The summed E-state index contributed by atoms with van der Waals surface area (Å²) in [5.74, 6) is 0.491. The van der Waals surface area contributed by atoms with E-state index in [2.05, 4.69) is 4.99 Å². The van der Waals surface area contributed by atoms with Gasteiger partial charge < -0.3 is 4.74 Å². The minimum Gasteiger partial charge on any atom is -0.497 e. The SMILES string of the molecule is COc1ccc(/C=C2\N=C3SCC(=O)N3C2=O)cc1. The molecule has 0 aromatic heterocycles. The third-order valence-electron chi connectivity index (χ3n) is 2.82. The molecular weight excluding hydrogens is 264 g/mol. The molecule has 3 rings (SSSR count). The van der Waals surface area contributed by atoms with Crippen LogP contribution < -0.4 is 4.74 Å². The van der Waals surface area contributed by atoms with Crippen LogP contribution in [0.4, 0.5) is 0 Å². The second kappa shape index (κ2) is 4.55. The summed E-state index contributed by atoms with van der Waals surface area (Å²) in [5, 5.41) is 0.481. The zero-order valence-corrected chi connectivity index (χ0v) is 10.9. The fourth-order valence-electron chi connectivity index (χ4n) is 1.86. The van der Waals surface area contributed by atoms with E-state index in [4.69, 9.17) is 4.74 Å². The van der Waals surface area contributed by atoms with E-state index >= 15 is 0 Å². The van der Waals surface area contributed by atoms with Gasteiger partial charge in [-0.2, -0.15) is 0 Å². The summed E-state index contributed by atoms with van der Waals surface area (Å²) in [6.45, 7) is 0. The molecule has 1 saturated heterocycles. The molecule has 1 aromatic carbocycles. The lowest BCUT2D eigenvalue weighted by Gasteiger charge is -2.04. The third-order valence-corrected chi connectivity index (χ3v) is 3.75. The average molecular weight is 274 g/mol. The number of hydrogen-bond acceptors (Lipinski definition) is 5. The highest BCUT2D eigenvalue weighted by atomic mass is 32.2. The molecule has 6 heteroatoms. The van der Waals surface area contributed by atoms with Gasteiger partial charge in [0, 0.05) is 0 Å². The summed E-state index contributed by atoms with van der Waals surface area (Å²) < 4.78 is 5.06. The first-order chi connectivity index (χ1) is 9.19. The van der Waals surface area contributed by atoms with Crippen LogP contribution in [0.2, 0.25) is 0 Å². The third kappa shape index (κ3) is 2.04. The van der Waals surface area contributed by atoms with Crippen molar-refractivity contribution >= 4 is 34.8 Å². The highest BCUT2D eigenvalue weighted by Gasteiger charge is 2.40. The number of hydrogen-bond donors (Lipinski definition) is 0. The topological polar surface area (TPSA) is 59.0 Å². The fraction of sp³-hybridized carbons (Fsp3) is 0.154. The van der Waals surface area contributed by atoms with E-state index in [-0.39, 0.29) is 11.8 Å². The van der Waals surface area contributed by atoms with E-state index in [1.165, 1.54) is 11.8 Å². The number of thioether (sulfide) groups is 1. The Labute approximate surface area is 113 Å². The second-order valence-electron chi connectivity index (χ2n) is 4.02. The van der Waals surface area contributed by atoms with E-state index in [0.717, 1.165) is 16.2 Å². The Morgan fingerprint density at radius 1 is 1.32 bits per heavy atom. The van der Waals surface area contributed by atoms with Crippen molar-refractivity contribution in [2.75, 3.05) is 12.9 Å². The molecule has 5 nitrogen and oxygen atoms in total. The molecule has 0 radical (unpaired) electrons. The number of carbonyl (C=O) groups is 2. The van der Waals surface area contributed by atoms with E-state index in [1.54, 1.807) is 25.3 Å². The largest absolute Gasteiger partial charge is 0.497 e. The minimum absolute atomic E-state index is 0.202. The zero-order chi connectivity index (χ0) is 13.4. The number of ether oxygens (including phenoxy) is 1. The van der Waals surface area contributed by atoms with Crippen LogP contribution in [0.1, 0.15) is 5.56 Å². The Morgan fingerprint density at radius 3 is 2.68 bits per heavy atom. The molecule has 0 unspecified atom stereocenters. The number of nitrogens with zero attached hydrogens (tertiary/aromatic N) is 2. The molecule has 0 aliphatic carbocycles. The Bertz CT molecular complexity index is 619. The summed E-state index contributed by atoms with van der Waals surface area (Å²) in [5.41, 5.74) is 1.13. The lowest BCUT2D eigenvalue weighted by atomic mass is 10.2. The van der Waals surface area contributed by atoms with Crippen molar-refractivity contribution in [1.29, 1.82) is 0 Å². The van der Waals surface area contributed by atoms with Gasteiger partial charge in [-0.15, -0.1) is 0 Å². The van der Waals surface area contributed by atoms with Crippen LogP contribution in [-0.4, -0.2) is 34.7 Å². The maximum atomic E-state index is 12.0. The molecular formula is C13H10N2O3S. The Morgan fingerprint density at radius 2 is 2.05 bits per heavy atom. The normalized spacial score (nSPS) is 19.9. The molecule has 0 N–H and O–H groups in total. The number of methoxy groups -OCH3 is 1. The Balaban J connectivity index is 1.90. The maximum absolute atomic E-state index is 12.0. The zero-order valence-electron chi connectivity index (χ0n) is 10.1. The van der Waals surface area contributed by atoms with Gasteiger partial charge >= 0.3 is 0 Å². The molecule has 0 spiro atoms. The number of imide groups is 1. The molecule has 0 atom stereocenters. The molecule has 0 saturated carbocycles. The van der Waals surface area contributed by atoms with Gasteiger partial charge in [0.15, 0.2) is 5.17 Å². The first-order valence-electron chi connectivity index (χ1n) is 5.63. The number of amides is 2. The van der Waals surface area contributed by atoms with Crippen molar-refractivity contribution in [3.8, 4) is 5.75 Å². The quantitative estimate of drug-likeness (QED) is 0.606. The van der Waals surface area contributed by atoms with Gasteiger partial charge in [-0.3, -0.25) is 9.59 Å². The van der Waals surface area contributed by atoms with Gasteiger partial charge in [0.1, 0.15) is 11.4 Å². The van der Waals surface area contributed by atoms with Gasteiger partial charge in [0.05, 0.1) is 12.9 Å². The number of aliphatic imine (C=N–C) groups is 1. The van der Waals surface area contributed by atoms with E-state index in [0.29, 0.717) is 16.6 Å². The predicted octanol–water partition coefficient (Wildman–Crippen LogP) is 1.51. The molecule has 2 aliphatic rings. The first kappa shape index (κ1) is 12.0. The smallest absolute Gasteiger partial charge is 0.285 e. The maximum Gasteiger partial charge on any atom is 0.285 e. The Hall–Kier alpha value is -2.08. The average Bonchev–Trinajstić information content (AvgIpc) is 2.93. The van der Waals surface area contributed by atoms with Gasteiger partial charge in [0.2, 0.25) is 5.91 Å². The van der Waals surface area contributed by atoms with Crippen molar-refractivity contribution < 1.29 is 14.3 Å². The van der Waals surface area contributed by atoms with Crippen molar-refractivity contribution in [1.82, 2.24) is 4.90 Å². The van der Waals surface area contributed by atoms with E-state index < -0.39 is 0 Å². The molecule has 19 heavy (non-hydrogen) atoms. The molecule has 2 heterocycles. The minimum atomic E-state index is -0.346. The van der Waals surface area contributed by atoms with Gasteiger partial charge in [0.25, 0.3) is 5.91 Å². The van der Waals surface area contributed by atoms with Gasteiger partial charge in [-0.25, -0.2) is 9.89 Å². The summed E-state index contributed by atoms with van der Waals surface area (Å²) in [6.07, 6.45) is 1.67. The number of amidine groups is 1. The van der Waals surface area contributed by atoms with E-state index in [9.17, 15) is 9.59 Å². The molecule has 2 amide bonds. The van der Waals surface area contributed by atoms with Crippen molar-refractivity contribution in [3.63, 3.8) is 0 Å². The van der Waals surface area contributed by atoms with E-state index in [1.807, 2.05) is 12.1 Å². The molecule has 1 fully saturated rings. The number of benzene rings is 1. The fourth-order valence-corrected chi connectivity index (χ4v) is 2.72. The van der Waals surface area contributed by atoms with Crippen LogP contribution in [0, 0.1) is 0 Å². The van der Waals surface area contributed by atoms with Crippen LogP contribution in [0.3, 0.4) is 0 Å². The highest BCUT2D eigenvalue weighted by Crippen LogP contribution is 2.29. The lowest BCUT2D eigenvalue weighted by Crippen LogP contribution is -2.31. The number of fused-ring (bicyclic) bond motifs is 1. The summed E-state index contributed by atoms with van der Waals surface area (Å²) >= 11 is 1.29. The summed E-state index contributed by atoms with van der Waals surface area (Å²) in [6, 6.07) is 7.27. The first-order valence-corrected chi connectivity index (χ1v) is 6.62. The molecule has 96 valence electrons. The van der Waals surface area contributed by atoms with Gasteiger partial charge in [-0.1, -0.05) is 23.9 Å². The Kier molecular flexibility index (Phi) is 2.87. The molecule has 2 aliphatic heterocycles. The van der Waals surface area contributed by atoms with Gasteiger partial charge in [-0.05, 0) is 23.8 Å². The van der Waals surface area contributed by atoms with Crippen LogP contribution in [0.25, 0.3) is 6.08 Å². The van der Waals surface area contributed by atoms with Crippen LogP contribution in [0.5, 0.6) is 5.75 Å². The molecule has 0 bridgehead atoms.